The molecule has 1 heterocycles. The number of carbonyl (C=O) groups excluding carboxylic acids is 1. The van der Waals surface area contributed by atoms with E-state index in [1.165, 1.54) is 19.3 Å². The molecule has 1 aromatic rings. The van der Waals surface area contributed by atoms with Crippen molar-refractivity contribution < 1.29 is 4.79 Å². The van der Waals surface area contributed by atoms with E-state index in [0.717, 1.165) is 17.7 Å². The zero-order chi connectivity index (χ0) is 15.0. The van der Waals surface area contributed by atoms with E-state index in [1.807, 2.05) is 25.3 Å². The summed E-state index contributed by atoms with van der Waals surface area (Å²) in [7, 11) is 0. The number of hydrogen-bond donors (Lipinski definition) is 2. The Morgan fingerprint density at radius 3 is 2.50 bits per heavy atom. The van der Waals surface area contributed by atoms with Crippen molar-refractivity contribution in [3.8, 4) is 0 Å². The first kappa shape index (κ1) is 17.8. The Morgan fingerprint density at radius 2 is 1.95 bits per heavy atom. The summed E-state index contributed by atoms with van der Waals surface area (Å²) >= 11 is 1.66. The summed E-state index contributed by atoms with van der Waals surface area (Å²) in [6.45, 7) is 4.05. The molecule has 2 aliphatic carbocycles. The molecular formula is C17H27ClN2OS. The molecule has 2 atom stereocenters. The first-order chi connectivity index (χ1) is 9.98. The lowest BCUT2D eigenvalue weighted by Crippen LogP contribution is -2.56. The fourth-order valence-corrected chi connectivity index (χ4v) is 4.95. The number of nitrogens with two attached hydrogens (primary N) is 1. The second-order valence-electron chi connectivity index (χ2n) is 7.28. The first-order valence-electron chi connectivity index (χ1n) is 8.09. The minimum absolute atomic E-state index is 0. The maximum Gasteiger partial charge on any atom is 0.231 e. The fourth-order valence-electron chi connectivity index (χ4n) is 4.10. The molecule has 0 saturated heterocycles. The van der Waals surface area contributed by atoms with E-state index >= 15 is 0 Å². The minimum atomic E-state index is -0.442. The third-order valence-corrected chi connectivity index (χ3v) is 6.57. The van der Waals surface area contributed by atoms with Gasteiger partial charge in [0.15, 0.2) is 0 Å². The van der Waals surface area contributed by atoms with Gasteiger partial charge in [-0.1, -0.05) is 12.5 Å². The van der Waals surface area contributed by atoms with E-state index in [9.17, 15) is 4.79 Å². The van der Waals surface area contributed by atoms with Gasteiger partial charge >= 0.3 is 0 Å². The fraction of sp³-hybridized carbons (Fsp3) is 0.706. The quantitative estimate of drug-likeness (QED) is 0.883. The SMILES string of the molecule is CC(C)(C(=O)NC1C2CCCC1CC(N)C2)c1cccs1.Cl. The Balaban J connectivity index is 0.00000176. The van der Waals surface area contributed by atoms with E-state index in [4.69, 9.17) is 5.73 Å². The molecule has 124 valence electrons. The monoisotopic (exact) mass is 342 g/mol. The summed E-state index contributed by atoms with van der Waals surface area (Å²) in [5.41, 5.74) is 5.73. The largest absolute Gasteiger partial charge is 0.352 e. The van der Waals surface area contributed by atoms with Crippen molar-refractivity contribution in [3.05, 3.63) is 22.4 Å². The highest BCUT2D eigenvalue weighted by Gasteiger charge is 2.42. The van der Waals surface area contributed by atoms with E-state index in [0.29, 0.717) is 23.9 Å². The van der Waals surface area contributed by atoms with Gasteiger partial charge < -0.3 is 11.1 Å². The predicted octanol–water partition coefficient (Wildman–Crippen LogP) is 3.47. The van der Waals surface area contributed by atoms with Crippen LogP contribution in [0.2, 0.25) is 0 Å². The Bertz CT molecular complexity index is 489. The molecule has 3 rings (SSSR count). The smallest absolute Gasteiger partial charge is 0.231 e. The van der Waals surface area contributed by atoms with E-state index in [2.05, 4.69) is 11.4 Å². The number of nitrogens with one attached hydrogen (secondary N) is 1. The summed E-state index contributed by atoms with van der Waals surface area (Å²) in [6.07, 6.45) is 5.87. The van der Waals surface area contributed by atoms with Gasteiger partial charge in [0.2, 0.25) is 5.91 Å². The van der Waals surface area contributed by atoms with Gasteiger partial charge in [-0.05, 0) is 62.8 Å². The summed E-state index contributed by atoms with van der Waals surface area (Å²) < 4.78 is 0. The van der Waals surface area contributed by atoms with Crippen LogP contribution in [0.4, 0.5) is 0 Å². The van der Waals surface area contributed by atoms with Crippen LogP contribution >= 0.6 is 23.7 Å². The van der Waals surface area contributed by atoms with Gasteiger partial charge in [-0.2, -0.15) is 0 Å². The van der Waals surface area contributed by atoms with Crippen molar-refractivity contribution in [3.63, 3.8) is 0 Å². The van der Waals surface area contributed by atoms with Crippen LogP contribution in [0.1, 0.15) is 50.8 Å². The third-order valence-electron chi connectivity index (χ3n) is 5.38. The summed E-state index contributed by atoms with van der Waals surface area (Å²) in [4.78, 5) is 13.9. The zero-order valence-corrected chi connectivity index (χ0v) is 15.0. The highest BCUT2D eigenvalue weighted by Crippen LogP contribution is 2.40. The molecule has 0 aromatic carbocycles. The molecule has 2 bridgehead atoms. The van der Waals surface area contributed by atoms with Gasteiger partial charge in [-0.3, -0.25) is 4.79 Å². The van der Waals surface area contributed by atoms with Gasteiger partial charge in [0.05, 0.1) is 5.41 Å². The number of hydrogen-bond acceptors (Lipinski definition) is 3. The first-order valence-corrected chi connectivity index (χ1v) is 8.97. The summed E-state index contributed by atoms with van der Waals surface area (Å²) in [6, 6.07) is 4.75. The summed E-state index contributed by atoms with van der Waals surface area (Å²) in [5, 5.41) is 5.42. The molecule has 3 N–H and O–H groups in total. The van der Waals surface area contributed by atoms with Crippen LogP contribution in [0.5, 0.6) is 0 Å². The number of thiophene rings is 1. The summed E-state index contributed by atoms with van der Waals surface area (Å²) in [5.74, 6) is 1.33. The highest BCUT2D eigenvalue weighted by atomic mass is 35.5. The van der Waals surface area contributed by atoms with E-state index in [-0.39, 0.29) is 18.3 Å². The molecule has 0 spiro atoms. The van der Waals surface area contributed by atoms with Gasteiger partial charge in [0.25, 0.3) is 0 Å². The van der Waals surface area contributed by atoms with Crippen molar-refractivity contribution in [2.45, 2.75) is 63.5 Å². The Labute approximate surface area is 143 Å². The third kappa shape index (κ3) is 3.34. The van der Waals surface area contributed by atoms with Crippen LogP contribution in [0.3, 0.4) is 0 Å². The van der Waals surface area contributed by atoms with Gasteiger partial charge in [0.1, 0.15) is 0 Å². The lowest BCUT2D eigenvalue weighted by molar-refractivity contribution is -0.128. The molecule has 1 amide bonds. The normalized spacial score (nSPS) is 31.2. The minimum Gasteiger partial charge on any atom is -0.352 e. The molecule has 2 fully saturated rings. The maximum absolute atomic E-state index is 12.8. The van der Waals surface area contributed by atoms with Crippen LogP contribution in [0.25, 0.3) is 0 Å². The molecule has 2 saturated carbocycles. The standard InChI is InChI=1S/C17H26N2OS.ClH/c1-17(2,14-7-4-8-21-14)16(20)19-15-11-5-3-6-12(15)10-13(18)9-11;/h4,7-8,11-13,15H,3,5-6,9-10,18H2,1-2H3,(H,19,20);1H. The molecular weight excluding hydrogens is 316 g/mol. The second-order valence-corrected chi connectivity index (χ2v) is 8.23. The average molecular weight is 343 g/mol. The second kappa shape index (κ2) is 6.90. The lowest BCUT2D eigenvalue weighted by Gasteiger charge is -2.46. The number of rotatable bonds is 3. The van der Waals surface area contributed by atoms with E-state index < -0.39 is 5.41 Å². The molecule has 0 aliphatic heterocycles. The van der Waals surface area contributed by atoms with Gasteiger partial charge in [-0.15, -0.1) is 23.7 Å². The van der Waals surface area contributed by atoms with Crippen LogP contribution in [-0.2, 0) is 10.2 Å². The number of amides is 1. The lowest BCUT2D eigenvalue weighted by atomic mass is 9.66. The van der Waals surface area contributed by atoms with Crippen molar-refractivity contribution in [1.29, 1.82) is 0 Å². The topological polar surface area (TPSA) is 55.1 Å². The number of carbonyl (C=O) groups is 1. The Hall–Kier alpha value is -0.580. The molecule has 5 heteroatoms. The molecule has 0 radical (unpaired) electrons. The van der Waals surface area contributed by atoms with Crippen LogP contribution in [-0.4, -0.2) is 18.0 Å². The van der Waals surface area contributed by atoms with Crippen LogP contribution in [0.15, 0.2) is 17.5 Å². The maximum atomic E-state index is 12.8. The van der Waals surface area contributed by atoms with Gasteiger partial charge in [0, 0.05) is 17.0 Å². The zero-order valence-electron chi connectivity index (χ0n) is 13.4. The molecule has 22 heavy (non-hydrogen) atoms. The van der Waals surface area contributed by atoms with Crippen molar-refractivity contribution in [2.75, 3.05) is 0 Å². The molecule has 3 nitrogen and oxygen atoms in total. The van der Waals surface area contributed by atoms with Crippen molar-refractivity contribution >= 4 is 29.7 Å². The van der Waals surface area contributed by atoms with Gasteiger partial charge in [-0.25, -0.2) is 0 Å². The molecule has 2 unspecified atom stereocenters. The predicted molar refractivity (Wildman–Crippen MR) is 94.6 cm³/mol. The molecule has 1 aromatic heterocycles. The van der Waals surface area contributed by atoms with Crippen LogP contribution < -0.4 is 11.1 Å². The number of fused-ring (bicyclic) bond motifs is 2. The average Bonchev–Trinajstić information content (AvgIpc) is 2.94. The Kier molecular flexibility index (Phi) is 5.57. The Morgan fingerprint density at radius 1 is 1.32 bits per heavy atom. The molecule has 2 aliphatic rings. The van der Waals surface area contributed by atoms with Crippen molar-refractivity contribution in [2.24, 2.45) is 17.6 Å². The highest BCUT2D eigenvalue weighted by molar-refractivity contribution is 7.10. The van der Waals surface area contributed by atoms with Crippen molar-refractivity contribution in [1.82, 2.24) is 5.32 Å². The van der Waals surface area contributed by atoms with E-state index in [1.54, 1.807) is 11.3 Å². The number of halogens is 1. The van der Waals surface area contributed by atoms with Crippen LogP contribution in [0, 0.1) is 11.8 Å².